The number of rotatable bonds is 4. The molecule has 0 aromatic rings. The normalized spacial score (nSPS) is 39.2. The molecular formula is C54H61N3O. The van der Waals surface area contributed by atoms with E-state index in [-0.39, 0.29) is 6.10 Å². The van der Waals surface area contributed by atoms with Crippen LogP contribution in [0.5, 0.6) is 0 Å². The molecule has 10 atom stereocenters. The molecule has 13 rings (SSSR count). The number of hydrogen-bond donors (Lipinski definition) is 1. The maximum absolute atomic E-state index is 7.11. The quantitative estimate of drug-likeness (QED) is 0.288. The zero-order valence-electron chi connectivity index (χ0n) is 34.4. The Bertz CT molecular complexity index is 2240. The van der Waals surface area contributed by atoms with Gasteiger partial charge in [0.05, 0.1) is 29.6 Å². The van der Waals surface area contributed by atoms with Crippen molar-refractivity contribution < 1.29 is 4.74 Å². The van der Waals surface area contributed by atoms with Crippen LogP contribution in [-0.4, -0.2) is 40.1 Å². The predicted octanol–water partition coefficient (Wildman–Crippen LogP) is 11.8. The van der Waals surface area contributed by atoms with E-state index in [0.29, 0.717) is 53.8 Å². The van der Waals surface area contributed by atoms with Crippen LogP contribution in [0.3, 0.4) is 0 Å². The minimum atomic E-state index is 0.142. The van der Waals surface area contributed by atoms with Gasteiger partial charge in [-0.3, -0.25) is 0 Å². The summed E-state index contributed by atoms with van der Waals surface area (Å²) in [5.74, 6) is 4.33. The molecule has 0 bridgehead atoms. The van der Waals surface area contributed by atoms with Gasteiger partial charge in [-0.15, -0.1) is 0 Å². The van der Waals surface area contributed by atoms with E-state index >= 15 is 0 Å². The summed E-state index contributed by atoms with van der Waals surface area (Å²) in [6.07, 6.45) is 57.6. The van der Waals surface area contributed by atoms with Crippen LogP contribution in [0.4, 0.5) is 0 Å². The van der Waals surface area contributed by atoms with Gasteiger partial charge in [0.25, 0.3) is 0 Å². The summed E-state index contributed by atoms with van der Waals surface area (Å²) in [5, 5.41) is 3.96. The van der Waals surface area contributed by atoms with E-state index in [1.807, 2.05) is 0 Å². The van der Waals surface area contributed by atoms with Crippen LogP contribution in [0.1, 0.15) is 116 Å². The zero-order chi connectivity index (χ0) is 37.9. The molecule has 1 N–H and O–H groups in total. The Morgan fingerprint density at radius 1 is 0.724 bits per heavy atom. The second kappa shape index (κ2) is 13.7. The smallest absolute Gasteiger partial charge is 0.148 e. The molecule has 0 amide bonds. The number of nitrogens with zero attached hydrogens (tertiary/aromatic N) is 2. The van der Waals surface area contributed by atoms with E-state index in [2.05, 4.69) is 100 Å². The van der Waals surface area contributed by atoms with Crippen molar-refractivity contribution >= 4 is 0 Å². The molecule has 4 heteroatoms. The number of allylic oxidation sites excluding steroid dienone is 16. The SMILES string of the molecule is C1=CCCC(N2C3=C(CCC=C3)C3=CCC(C4=CC5C(CC4)C4CCC(C6=CC7C8=C(CCC=C8)NC7CC6)=CC4N5C4=CC=CC5C6=C(CCCC6)OC45)CC32)=C1. The Morgan fingerprint density at radius 2 is 1.57 bits per heavy atom. The lowest BCUT2D eigenvalue weighted by molar-refractivity contribution is 0.104. The van der Waals surface area contributed by atoms with Gasteiger partial charge in [0.2, 0.25) is 0 Å². The molecular weight excluding hydrogens is 707 g/mol. The zero-order valence-corrected chi connectivity index (χ0v) is 34.4. The average molecular weight is 768 g/mol. The number of fused-ring (bicyclic) bond motifs is 9. The Hall–Kier alpha value is -4.18. The Kier molecular flexibility index (Phi) is 8.18. The Morgan fingerprint density at radius 3 is 2.52 bits per heavy atom. The standard InChI is InChI=1S/C54H61N3O/c1-2-11-37(12-3-1)56-48-18-8-5-14-39(48)40-25-22-35(30-50(40)56)36-23-27-42-41-26-21-34(33-24-28-47-45(29-33)38-13-4-7-17-46(38)55-47)31-51(41)57(52(42)32-36)49-19-10-16-44-43-15-6-9-20-53(43)58-54(44)49/h1-2,4,8,10-11,13,16,18-19,25,29,31-32,35,41-42,44-45,47,50-52,54-55H,3,5-7,9,12,14-15,17,20-24,26-28,30H2. The third-order valence-electron chi connectivity index (χ3n) is 17.2. The molecule has 0 aromatic carbocycles. The molecule has 4 heterocycles. The summed E-state index contributed by atoms with van der Waals surface area (Å²) >= 11 is 0. The van der Waals surface area contributed by atoms with Crippen molar-refractivity contribution in [2.75, 3.05) is 0 Å². The topological polar surface area (TPSA) is 27.7 Å². The molecule has 10 unspecified atom stereocenters. The summed E-state index contributed by atoms with van der Waals surface area (Å²) < 4.78 is 7.11. The molecule has 1 saturated heterocycles. The van der Waals surface area contributed by atoms with Crippen molar-refractivity contribution in [3.05, 3.63) is 153 Å². The lowest BCUT2D eigenvalue weighted by Crippen LogP contribution is -2.43. The maximum atomic E-state index is 7.11. The molecule has 58 heavy (non-hydrogen) atoms. The fourth-order valence-electron chi connectivity index (χ4n) is 14.6. The summed E-state index contributed by atoms with van der Waals surface area (Å²) in [5.41, 5.74) is 17.6. The fourth-order valence-corrected chi connectivity index (χ4v) is 14.6. The van der Waals surface area contributed by atoms with Gasteiger partial charge in [0.1, 0.15) is 6.10 Å². The van der Waals surface area contributed by atoms with Crippen molar-refractivity contribution in [1.82, 2.24) is 15.1 Å². The van der Waals surface area contributed by atoms with E-state index in [9.17, 15) is 0 Å². The first-order chi connectivity index (χ1) is 28.7. The molecule has 0 spiro atoms. The van der Waals surface area contributed by atoms with E-state index in [4.69, 9.17) is 4.74 Å². The summed E-state index contributed by atoms with van der Waals surface area (Å²) in [7, 11) is 0. The highest BCUT2D eigenvalue weighted by Crippen LogP contribution is 2.56. The van der Waals surface area contributed by atoms with Gasteiger partial charge in [-0.05, 0) is 179 Å². The van der Waals surface area contributed by atoms with Crippen molar-refractivity contribution in [3.63, 3.8) is 0 Å². The molecule has 4 nitrogen and oxygen atoms in total. The summed E-state index contributed by atoms with van der Waals surface area (Å²) in [6.45, 7) is 0. The Labute approximate surface area is 346 Å². The fraction of sp³-hybridized carbons (Fsp3) is 0.519. The van der Waals surface area contributed by atoms with Crippen LogP contribution in [0.15, 0.2) is 153 Å². The molecule has 13 aliphatic rings. The lowest BCUT2D eigenvalue weighted by Gasteiger charge is -2.41. The van der Waals surface area contributed by atoms with E-state index in [1.54, 1.807) is 39.0 Å². The average Bonchev–Trinajstić information content (AvgIpc) is 4.03. The van der Waals surface area contributed by atoms with Crippen LogP contribution in [0, 0.1) is 29.6 Å². The highest BCUT2D eigenvalue weighted by molar-refractivity contribution is 5.54. The van der Waals surface area contributed by atoms with Crippen molar-refractivity contribution in [2.45, 2.75) is 146 Å². The van der Waals surface area contributed by atoms with Crippen LogP contribution < -0.4 is 5.32 Å². The van der Waals surface area contributed by atoms with Crippen LogP contribution >= 0.6 is 0 Å². The third-order valence-corrected chi connectivity index (χ3v) is 17.2. The first kappa shape index (κ1) is 34.7. The predicted molar refractivity (Wildman–Crippen MR) is 234 cm³/mol. The Balaban J connectivity index is 0.853. The van der Waals surface area contributed by atoms with Gasteiger partial charge in [0, 0.05) is 41.4 Å². The highest BCUT2D eigenvalue weighted by Gasteiger charge is 2.54. The van der Waals surface area contributed by atoms with Crippen LogP contribution in [-0.2, 0) is 4.74 Å². The van der Waals surface area contributed by atoms with Gasteiger partial charge in [-0.25, -0.2) is 0 Å². The highest BCUT2D eigenvalue weighted by atomic mass is 16.5. The van der Waals surface area contributed by atoms with Gasteiger partial charge in [-0.1, -0.05) is 72.4 Å². The molecule has 9 aliphatic carbocycles. The van der Waals surface area contributed by atoms with Gasteiger partial charge in [0.15, 0.2) is 0 Å². The second-order valence-electron chi connectivity index (χ2n) is 19.9. The molecule has 0 radical (unpaired) electrons. The van der Waals surface area contributed by atoms with Gasteiger partial charge < -0.3 is 19.9 Å². The number of nitrogens with one attached hydrogen (secondary N) is 1. The first-order valence-corrected chi connectivity index (χ1v) is 23.8. The minimum absolute atomic E-state index is 0.142. The van der Waals surface area contributed by atoms with Crippen molar-refractivity contribution in [3.8, 4) is 0 Å². The van der Waals surface area contributed by atoms with Crippen LogP contribution in [0.2, 0.25) is 0 Å². The van der Waals surface area contributed by atoms with E-state index in [1.165, 1.54) is 125 Å². The third kappa shape index (κ3) is 5.31. The monoisotopic (exact) mass is 767 g/mol. The molecule has 1 fully saturated rings. The van der Waals surface area contributed by atoms with Gasteiger partial charge in [-0.2, -0.15) is 0 Å². The minimum Gasteiger partial charge on any atom is -0.488 e. The van der Waals surface area contributed by atoms with Crippen LogP contribution in [0.25, 0.3) is 0 Å². The van der Waals surface area contributed by atoms with E-state index < -0.39 is 0 Å². The maximum Gasteiger partial charge on any atom is 0.148 e. The summed E-state index contributed by atoms with van der Waals surface area (Å²) in [6, 6.07) is 1.97. The van der Waals surface area contributed by atoms with E-state index in [0.717, 1.165) is 19.3 Å². The number of ether oxygens (including phenoxy) is 1. The number of hydrogen-bond acceptors (Lipinski definition) is 4. The second-order valence-corrected chi connectivity index (χ2v) is 19.9. The number of likely N-dealkylation sites (tertiary alicyclic amines) is 1. The molecule has 298 valence electrons. The lowest BCUT2D eigenvalue weighted by atomic mass is 9.70. The summed E-state index contributed by atoms with van der Waals surface area (Å²) in [4.78, 5) is 5.77. The molecule has 4 aliphatic heterocycles. The molecule has 0 saturated carbocycles. The first-order valence-electron chi connectivity index (χ1n) is 23.8. The largest absolute Gasteiger partial charge is 0.488 e. The van der Waals surface area contributed by atoms with Crippen molar-refractivity contribution in [1.29, 1.82) is 0 Å². The molecule has 0 aromatic heterocycles. The van der Waals surface area contributed by atoms with Gasteiger partial charge >= 0.3 is 0 Å². The van der Waals surface area contributed by atoms with Crippen molar-refractivity contribution in [2.24, 2.45) is 29.6 Å².